The maximum absolute atomic E-state index is 5.47. The van der Waals surface area contributed by atoms with Gasteiger partial charge in [-0.2, -0.15) is 0 Å². The molecule has 49 heavy (non-hydrogen) atoms. The van der Waals surface area contributed by atoms with Gasteiger partial charge in [-0.05, 0) is 70.8 Å². The SMILES string of the molecule is Cn1c2cc3nc(cc4ccc(cc5nc(c(-c6ccccc6)c1c(-c1ccccc1)c2-c1ccccc1)C(c1ccccc1)=C5)[nH]4)C=C3. The molecule has 2 aliphatic rings. The first-order valence-corrected chi connectivity index (χ1v) is 16.6. The molecule has 2 aliphatic heterocycles. The summed E-state index contributed by atoms with van der Waals surface area (Å²) in [6, 6.07) is 53.4. The molecule has 1 N–H and O–H groups in total. The molecule has 0 aliphatic carbocycles. The standard InChI is InChI=1S/C45H32N4/c1-49-40-29-37-25-24-35(47-37)26-34-22-23-36(46-34)27-38-28-39(30-14-6-2-7-15-30)44(48-38)43(33-20-12-5-13-21-33)45(49)42(32-18-10-4-11-19-32)41(40)31-16-8-3-9-17-31/h2-29,46H,1H3. The molecule has 4 aromatic carbocycles. The van der Waals surface area contributed by atoms with Crippen LogP contribution in [0.5, 0.6) is 0 Å². The lowest BCUT2D eigenvalue weighted by atomic mass is 9.91. The molecule has 0 fully saturated rings. The Hall–Kier alpha value is -6.52. The summed E-state index contributed by atoms with van der Waals surface area (Å²) in [6.45, 7) is 0. The molecule has 4 heteroatoms. The van der Waals surface area contributed by atoms with Crippen molar-refractivity contribution in [1.29, 1.82) is 0 Å². The number of nitrogens with one attached hydrogen (secondary N) is 1. The van der Waals surface area contributed by atoms with E-state index in [4.69, 9.17) is 9.97 Å². The third-order valence-corrected chi connectivity index (χ3v) is 9.28. The van der Waals surface area contributed by atoms with Crippen LogP contribution in [0.3, 0.4) is 0 Å². The predicted molar refractivity (Wildman–Crippen MR) is 204 cm³/mol. The number of hydrogen-bond acceptors (Lipinski definition) is 2. The highest BCUT2D eigenvalue weighted by Crippen LogP contribution is 2.46. The van der Waals surface area contributed by atoms with Crippen LogP contribution in [0.1, 0.15) is 28.3 Å². The van der Waals surface area contributed by atoms with Crippen LogP contribution in [0, 0.1) is 0 Å². The number of nitrogens with zero attached hydrogens (tertiary/aromatic N) is 3. The Morgan fingerprint density at radius 3 is 1.55 bits per heavy atom. The molecule has 0 saturated carbocycles. The number of hydrogen-bond donors (Lipinski definition) is 1. The number of aromatic nitrogens is 4. The fourth-order valence-corrected chi connectivity index (χ4v) is 7.09. The molecule has 5 heterocycles. The zero-order chi connectivity index (χ0) is 32.7. The van der Waals surface area contributed by atoms with Gasteiger partial charge in [0.25, 0.3) is 0 Å². The highest BCUT2D eigenvalue weighted by atomic mass is 14.9. The second-order valence-corrected chi connectivity index (χ2v) is 12.4. The number of rotatable bonds is 4. The summed E-state index contributed by atoms with van der Waals surface area (Å²) < 4.78 is 2.35. The van der Waals surface area contributed by atoms with Crippen LogP contribution in [-0.2, 0) is 7.05 Å². The maximum Gasteiger partial charge on any atom is 0.0815 e. The van der Waals surface area contributed by atoms with E-state index < -0.39 is 0 Å². The average Bonchev–Trinajstić information content (AvgIpc) is 3.95. The lowest BCUT2D eigenvalue weighted by Gasteiger charge is -2.13. The van der Waals surface area contributed by atoms with Crippen molar-refractivity contribution in [2.45, 2.75) is 0 Å². The minimum atomic E-state index is 0.891. The Balaban J connectivity index is 1.57. The molecular formula is C45H32N4. The van der Waals surface area contributed by atoms with E-state index in [0.717, 1.165) is 89.4 Å². The molecule has 8 bridgehead atoms. The number of benzene rings is 4. The summed E-state index contributed by atoms with van der Waals surface area (Å²) in [4.78, 5) is 14.1. The molecule has 232 valence electrons. The van der Waals surface area contributed by atoms with Gasteiger partial charge >= 0.3 is 0 Å². The van der Waals surface area contributed by atoms with Crippen molar-refractivity contribution >= 4 is 45.9 Å². The van der Waals surface area contributed by atoms with Crippen LogP contribution >= 0.6 is 0 Å². The van der Waals surface area contributed by atoms with E-state index in [9.17, 15) is 0 Å². The molecular weight excluding hydrogens is 597 g/mol. The van der Waals surface area contributed by atoms with Gasteiger partial charge in [0.15, 0.2) is 0 Å². The van der Waals surface area contributed by atoms with E-state index in [0.29, 0.717) is 0 Å². The summed E-state index contributed by atoms with van der Waals surface area (Å²) >= 11 is 0. The second-order valence-electron chi connectivity index (χ2n) is 12.4. The molecule has 0 amide bonds. The lowest BCUT2D eigenvalue weighted by molar-refractivity contribution is 1.01. The van der Waals surface area contributed by atoms with E-state index in [1.165, 1.54) is 0 Å². The van der Waals surface area contributed by atoms with Crippen LogP contribution in [0.15, 0.2) is 152 Å². The Morgan fingerprint density at radius 2 is 0.959 bits per heavy atom. The van der Waals surface area contributed by atoms with Crippen molar-refractivity contribution in [2.24, 2.45) is 7.05 Å². The van der Waals surface area contributed by atoms with Crippen molar-refractivity contribution in [3.8, 4) is 33.4 Å². The van der Waals surface area contributed by atoms with E-state index >= 15 is 0 Å². The van der Waals surface area contributed by atoms with Gasteiger partial charge in [-0.15, -0.1) is 0 Å². The number of fused-ring (bicyclic) bond motifs is 8. The molecule has 0 unspecified atom stereocenters. The van der Waals surface area contributed by atoms with Gasteiger partial charge in [0.2, 0.25) is 0 Å². The van der Waals surface area contributed by atoms with Crippen molar-refractivity contribution in [3.05, 3.63) is 180 Å². The monoisotopic (exact) mass is 628 g/mol. The van der Waals surface area contributed by atoms with Gasteiger partial charge in [-0.1, -0.05) is 121 Å². The van der Waals surface area contributed by atoms with Gasteiger partial charge in [0, 0.05) is 40.3 Å². The zero-order valence-electron chi connectivity index (χ0n) is 27.0. The van der Waals surface area contributed by atoms with Crippen molar-refractivity contribution in [2.75, 3.05) is 0 Å². The Morgan fingerprint density at radius 1 is 0.469 bits per heavy atom. The molecule has 0 radical (unpaired) electrons. The topological polar surface area (TPSA) is 46.5 Å². The smallest absolute Gasteiger partial charge is 0.0815 e. The Labute approximate surface area is 285 Å². The van der Waals surface area contributed by atoms with Gasteiger partial charge in [-0.3, -0.25) is 0 Å². The summed E-state index contributed by atoms with van der Waals surface area (Å²) in [6.07, 6.45) is 6.40. The lowest BCUT2D eigenvalue weighted by Crippen LogP contribution is -1.96. The predicted octanol–water partition coefficient (Wildman–Crippen LogP) is 11.1. The van der Waals surface area contributed by atoms with Gasteiger partial charge in [0.1, 0.15) is 0 Å². The van der Waals surface area contributed by atoms with Crippen LogP contribution in [-0.4, -0.2) is 19.5 Å². The third kappa shape index (κ3) is 5.20. The highest BCUT2D eigenvalue weighted by Gasteiger charge is 2.25. The Kier molecular flexibility index (Phi) is 6.98. The molecule has 0 atom stereocenters. The molecule has 4 nitrogen and oxygen atoms in total. The van der Waals surface area contributed by atoms with Crippen molar-refractivity contribution < 1.29 is 0 Å². The minimum absolute atomic E-state index is 0.891. The van der Waals surface area contributed by atoms with E-state index in [1.807, 2.05) is 0 Å². The summed E-state index contributed by atoms with van der Waals surface area (Å²) in [5.41, 5.74) is 16.8. The van der Waals surface area contributed by atoms with E-state index in [-0.39, 0.29) is 0 Å². The van der Waals surface area contributed by atoms with Gasteiger partial charge < -0.3 is 9.55 Å². The quantitative estimate of drug-likeness (QED) is 0.211. The summed E-state index contributed by atoms with van der Waals surface area (Å²) in [7, 11) is 2.18. The average molecular weight is 629 g/mol. The second kappa shape index (κ2) is 11.9. The van der Waals surface area contributed by atoms with E-state index in [1.54, 1.807) is 0 Å². The molecule has 3 aromatic heterocycles. The van der Waals surface area contributed by atoms with E-state index in [2.05, 4.69) is 186 Å². The molecule has 7 aromatic rings. The first-order valence-electron chi connectivity index (χ1n) is 16.6. The first kappa shape index (κ1) is 28.7. The van der Waals surface area contributed by atoms with Gasteiger partial charge in [-0.25, -0.2) is 9.97 Å². The fraction of sp³-hybridized carbons (Fsp3) is 0.0222. The third-order valence-electron chi connectivity index (χ3n) is 9.28. The summed E-state index contributed by atoms with van der Waals surface area (Å²) in [5.74, 6) is 0. The first-order chi connectivity index (χ1) is 24.2. The van der Waals surface area contributed by atoms with Gasteiger partial charge in [0.05, 0.1) is 33.8 Å². The van der Waals surface area contributed by atoms with Crippen molar-refractivity contribution in [1.82, 2.24) is 19.5 Å². The number of aromatic amines is 1. The fourth-order valence-electron chi connectivity index (χ4n) is 7.09. The normalized spacial score (nSPS) is 12.2. The Bertz CT molecular complexity index is 2570. The molecule has 0 spiro atoms. The molecule has 0 saturated heterocycles. The van der Waals surface area contributed by atoms with Crippen LogP contribution in [0.4, 0.5) is 0 Å². The largest absolute Gasteiger partial charge is 0.355 e. The minimum Gasteiger partial charge on any atom is -0.355 e. The highest BCUT2D eigenvalue weighted by molar-refractivity contribution is 6.11. The van der Waals surface area contributed by atoms with Crippen LogP contribution < -0.4 is 0 Å². The summed E-state index contributed by atoms with van der Waals surface area (Å²) in [5, 5.41) is 0. The zero-order valence-corrected chi connectivity index (χ0v) is 27.0. The molecule has 9 rings (SSSR count). The van der Waals surface area contributed by atoms with Crippen molar-refractivity contribution in [3.63, 3.8) is 0 Å². The maximum atomic E-state index is 5.47. The van der Waals surface area contributed by atoms with Crippen LogP contribution in [0.2, 0.25) is 0 Å². The number of aryl methyl sites for hydroxylation is 1. The number of H-pyrrole nitrogens is 1. The van der Waals surface area contributed by atoms with Crippen LogP contribution in [0.25, 0.3) is 79.2 Å².